The third-order valence-electron chi connectivity index (χ3n) is 3.24. The molecule has 136 valence electrons. The van der Waals surface area contributed by atoms with Gasteiger partial charge in [-0.2, -0.15) is 0 Å². The van der Waals surface area contributed by atoms with Crippen molar-refractivity contribution < 1.29 is 19.1 Å². The van der Waals surface area contributed by atoms with Crippen LogP contribution < -0.4 is 10.6 Å². The predicted octanol–water partition coefficient (Wildman–Crippen LogP) is 3.43. The summed E-state index contributed by atoms with van der Waals surface area (Å²) in [6, 6.07) is 12.2. The summed E-state index contributed by atoms with van der Waals surface area (Å²) in [5.74, 6) is -1.58. The van der Waals surface area contributed by atoms with E-state index in [2.05, 4.69) is 42.5 Å². The minimum atomic E-state index is -0.702. The Balaban J connectivity index is 1.76. The Morgan fingerprint density at radius 2 is 1.85 bits per heavy atom. The van der Waals surface area contributed by atoms with E-state index >= 15 is 0 Å². The zero-order chi connectivity index (χ0) is 19.1. The zero-order valence-electron chi connectivity index (χ0n) is 13.8. The van der Waals surface area contributed by atoms with Crippen LogP contribution in [0.4, 0.5) is 5.69 Å². The van der Waals surface area contributed by atoms with Crippen molar-refractivity contribution in [3.05, 3.63) is 62.5 Å². The number of carbonyl (C=O) groups is 3. The number of nitrogens with one attached hydrogen (secondary N) is 2. The van der Waals surface area contributed by atoms with Gasteiger partial charge in [-0.05, 0) is 58.7 Å². The fourth-order valence-corrected chi connectivity index (χ4v) is 2.98. The Morgan fingerprint density at radius 1 is 1.08 bits per heavy atom. The smallest absolute Gasteiger partial charge is 0.325 e. The number of benzene rings is 2. The monoisotopic (exact) mass is 482 g/mol. The second kappa shape index (κ2) is 9.49. The molecule has 0 aliphatic carbocycles. The fraction of sp³-hybridized carbons (Fsp3) is 0.167. The number of anilines is 1. The first-order valence-corrected chi connectivity index (χ1v) is 9.19. The summed E-state index contributed by atoms with van der Waals surface area (Å²) in [5.41, 5.74) is 2.04. The number of hydrogen-bond donors (Lipinski definition) is 2. The van der Waals surface area contributed by atoms with E-state index in [-0.39, 0.29) is 6.54 Å². The van der Waals surface area contributed by atoms with E-state index < -0.39 is 24.4 Å². The van der Waals surface area contributed by atoms with Gasteiger partial charge in [0.05, 0.1) is 5.69 Å². The molecule has 0 radical (unpaired) electrons. The number of amides is 2. The maximum atomic E-state index is 11.9. The summed E-state index contributed by atoms with van der Waals surface area (Å²) in [6.45, 7) is 1.17. The summed E-state index contributed by atoms with van der Waals surface area (Å²) in [4.78, 5) is 35.4. The number of rotatable bonds is 6. The maximum Gasteiger partial charge on any atom is 0.325 e. The van der Waals surface area contributed by atoms with E-state index in [1.165, 1.54) is 0 Å². The molecule has 0 aliphatic heterocycles. The number of aryl methyl sites for hydroxylation is 1. The Labute approximate surface area is 167 Å². The highest BCUT2D eigenvalue weighted by atomic mass is 79.9. The van der Waals surface area contributed by atoms with Crippen molar-refractivity contribution in [1.29, 1.82) is 0 Å². The molecule has 2 N–H and O–H groups in total. The van der Waals surface area contributed by atoms with Gasteiger partial charge in [-0.25, -0.2) is 0 Å². The summed E-state index contributed by atoms with van der Waals surface area (Å²) >= 11 is 6.62. The van der Waals surface area contributed by atoms with Crippen LogP contribution in [0, 0.1) is 6.92 Å². The number of hydrogen-bond acceptors (Lipinski definition) is 4. The first-order chi connectivity index (χ1) is 12.3. The Kier molecular flexibility index (Phi) is 7.35. The van der Waals surface area contributed by atoms with Crippen LogP contribution in [0.3, 0.4) is 0 Å². The normalized spacial score (nSPS) is 10.1. The lowest BCUT2D eigenvalue weighted by Gasteiger charge is -2.09. The first kappa shape index (κ1) is 20.1. The van der Waals surface area contributed by atoms with Crippen molar-refractivity contribution in [1.82, 2.24) is 5.32 Å². The lowest BCUT2D eigenvalue weighted by atomic mass is 10.2. The number of ether oxygens (including phenoxy) is 1. The standard InChI is InChI=1S/C18H16Br2N2O4/c1-11-5-6-15(14(20)7-11)22-16(23)10-26-17(24)9-21-18(25)12-3-2-4-13(19)8-12/h2-8H,9-10H2,1H3,(H,21,25)(H,22,23). The highest BCUT2D eigenvalue weighted by molar-refractivity contribution is 9.10. The van der Waals surface area contributed by atoms with Crippen molar-refractivity contribution in [2.24, 2.45) is 0 Å². The van der Waals surface area contributed by atoms with E-state index in [9.17, 15) is 14.4 Å². The van der Waals surface area contributed by atoms with Crippen LogP contribution in [0.5, 0.6) is 0 Å². The van der Waals surface area contributed by atoms with Gasteiger partial charge in [0, 0.05) is 14.5 Å². The van der Waals surface area contributed by atoms with Crippen molar-refractivity contribution in [2.75, 3.05) is 18.5 Å². The molecule has 2 rings (SSSR count). The molecule has 0 aliphatic rings. The molecule has 0 saturated heterocycles. The van der Waals surface area contributed by atoms with Gasteiger partial charge in [-0.3, -0.25) is 14.4 Å². The Morgan fingerprint density at radius 3 is 2.54 bits per heavy atom. The van der Waals surface area contributed by atoms with E-state index in [1.807, 2.05) is 19.1 Å². The average molecular weight is 484 g/mol. The molecule has 2 amide bonds. The van der Waals surface area contributed by atoms with Crippen LogP contribution >= 0.6 is 31.9 Å². The lowest BCUT2D eigenvalue weighted by Crippen LogP contribution is -2.32. The number of halogens is 2. The third-order valence-corrected chi connectivity index (χ3v) is 4.39. The Hall–Kier alpha value is -2.19. The maximum absolute atomic E-state index is 11.9. The van der Waals surface area contributed by atoms with E-state index in [4.69, 9.17) is 4.74 Å². The summed E-state index contributed by atoms with van der Waals surface area (Å²) in [7, 11) is 0. The van der Waals surface area contributed by atoms with Gasteiger partial charge >= 0.3 is 5.97 Å². The van der Waals surface area contributed by atoms with Gasteiger partial charge < -0.3 is 15.4 Å². The molecule has 0 heterocycles. The van der Waals surface area contributed by atoms with Gasteiger partial charge in [-0.1, -0.05) is 28.1 Å². The molecular formula is C18H16Br2N2O4. The first-order valence-electron chi connectivity index (χ1n) is 7.60. The molecule has 6 nitrogen and oxygen atoms in total. The summed E-state index contributed by atoms with van der Waals surface area (Å²) in [6.07, 6.45) is 0. The topological polar surface area (TPSA) is 84.5 Å². The van der Waals surface area contributed by atoms with Crippen LogP contribution in [-0.2, 0) is 14.3 Å². The third kappa shape index (κ3) is 6.27. The second-order valence-corrected chi connectivity index (χ2v) is 7.16. The molecule has 8 heteroatoms. The average Bonchev–Trinajstić information content (AvgIpc) is 2.60. The minimum absolute atomic E-state index is 0.327. The molecule has 0 fully saturated rings. The largest absolute Gasteiger partial charge is 0.454 e. The second-order valence-electron chi connectivity index (χ2n) is 5.39. The molecule has 2 aromatic rings. The van der Waals surface area contributed by atoms with E-state index in [1.54, 1.807) is 30.3 Å². The minimum Gasteiger partial charge on any atom is -0.454 e. The summed E-state index contributed by atoms with van der Waals surface area (Å²) < 4.78 is 6.35. The molecule has 26 heavy (non-hydrogen) atoms. The Bertz CT molecular complexity index is 840. The molecule has 0 spiro atoms. The van der Waals surface area contributed by atoms with E-state index in [0.29, 0.717) is 11.3 Å². The van der Waals surface area contributed by atoms with Gasteiger partial charge in [0.25, 0.3) is 11.8 Å². The van der Waals surface area contributed by atoms with E-state index in [0.717, 1.165) is 14.5 Å². The van der Waals surface area contributed by atoms with Crippen LogP contribution in [0.15, 0.2) is 51.4 Å². The lowest BCUT2D eigenvalue weighted by molar-refractivity contribution is -0.146. The predicted molar refractivity (Wildman–Crippen MR) is 105 cm³/mol. The van der Waals surface area contributed by atoms with Crippen LogP contribution in [-0.4, -0.2) is 30.9 Å². The van der Waals surface area contributed by atoms with Crippen LogP contribution in [0.2, 0.25) is 0 Å². The molecular weight excluding hydrogens is 468 g/mol. The summed E-state index contributed by atoms with van der Waals surface area (Å²) in [5, 5.41) is 5.08. The van der Waals surface area contributed by atoms with Crippen molar-refractivity contribution in [3.63, 3.8) is 0 Å². The molecule has 0 atom stereocenters. The fourth-order valence-electron chi connectivity index (χ4n) is 1.99. The van der Waals surface area contributed by atoms with Crippen molar-refractivity contribution >= 4 is 55.3 Å². The molecule has 0 bridgehead atoms. The highest BCUT2D eigenvalue weighted by Crippen LogP contribution is 2.23. The quantitative estimate of drug-likeness (QED) is 0.616. The molecule has 0 saturated carbocycles. The molecule has 0 unspecified atom stereocenters. The van der Waals surface area contributed by atoms with Crippen LogP contribution in [0.1, 0.15) is 15.9 Å². The highest BCUT2D eigenvalue weighted by Gasteiger charge is 2.12. The van der Waals surface area contributed by atoms with Gasteiger partial charge in [0.15, 0.2) is 6.61 Å². The van der Waals surface area contributed by atoms with Gasteiger partial charge in [-0.15, -0.1) is 0 Å². The van der Waals surface area contributed by atoms with Crippen molar-refractivity contribution in [3.8, 4) is 0 Å². The van der Waals surface area contributed by atoms with Crippen LogP contribution in [0.25, 0.3) is 0 Å². The van der Waals surface area contributed by atoms with Gasteiger partial charge in [0.1, 0.15) is 6.54 Å². The molecule has 0 aromatic heterocycles. The number of esters is 1. The number of carbonyl (C=O) groups excluding carboxylic acids is 3. The van der Waals surface area contributed by atoms with Gasteiger partial charge in [0.2, 0.25) is 0 Å². The zero-order valence-corrected chi connectivity index (χ0v) is 17.0. The van der Waals surface area contributed by atoms with Crippen molar-refractivity contribution in [2.45, 2.75) is 6.92 Å². The molecule has 2 aromatic carbocycles. The SMILES string of the molecule is Cc1ccc(NC(=O)COC(=O)CNC(=O)c2cccc(Br)c2)c(Br)c1.